The van der Waals surface area contributed by atoms with Gasteiger partial charge in [-0.3, -0.25) is 9.69 Å². The van der Waals surface area contributed by atoms with Crippen LogP contribution in [-0.2, 0) is 11.3 Å². The summed E-state index contributed by atoms with van der Waals surface area (Å²) in [7, 11) is 0. The maximum absolute atomic E-state index is 12.0. The molecular weight excluding hydrogens is 220 g/mol. The molecule has 1 aromatic rings. The Morgan fingerprint density at radius 3 is 2.65 bits per heavy atom. The number of nitrogens with one attached hydrogen (secondary N) is 1. The van der Waals surface area contributed by atoms with Crippen LogP contribution < -0.4 is 5.32 Å². The van der Waals surface area contributed by atoms with Crippen molar-refractivity contribution >= 4 is 11.9 Å². The average molecular weight is 236 g/mol. The van der Waals surface area contributed by atoms with Gasteiger partial charge in [-0.15, -0.1) is 0 Å². The highest BCUT2D eigenvalue weighted by atomic mass is 16.3. The first kappa shape index (κ1) is 11.7. The van der Waals surface area contributed by atoms with E-state index in [0.29, 0.717) is 5.76 Å². The van der Waals surface area contributed by atoms with Crippen molar-refractivity contribution in [2.45, 2.75) is 33.4 Å². The predicted octanol–water partition coefficient (Wildman–Crippen LogP) is 1.66. The van der Waals surface area contributed by atoms with Crippen molar-refractivity contribution in [1.29, 1.82) is 0 Å². The summed E-state index contributed by atoms with van der Waals surface area (Å²) < 4.78 is 5.37. The largest absolute Gasteiger partial charge is 0.464 e. The number of nitrogens with zero attached hydrogens (tertiary/aromatic N) is 1. The maximum Gasteiger partial charge on any atom is 0.324 e. The number of furan rings is 1. The molecule has 1 aliphatic heterocycles. The van der Waals surface area contributed by atoms with Crippen molar-refractivity contribution in [2.75, 3.05) is 0 Å². The van der Waals surface area contributed by atoms with Crippen LogP contribution >= 0.6 is 0 Å². The van der Waals surface area contributed by atoms with Crippen LogP contribution in [0.15, 0.2) is 16.5 Å². The summed E-state index contributed by atoms with van der Waals surface area (Å²) in [5.41, 5.74) is 0. The number of aryl methyl sites for hydroxylation is 1. The van der Waals surface area contributed by atoms with Crippen LogP contribution in [-0.4, -0.2) is 22.9 Å². The molecule has 0 radical (unpaired) electrons. The molecule has 1 aliphatic rings. The monoisotopic (exact) mass is 236 g/mol. The minimum Gasteiger partial charge on any atom is -0.464 e. The lowest BCUT2D eigenvalue weighted by molar-refractivity contribution is -0.135. The molecule has 2 rings (SSSR count). The van der Waals surface area contributed by atoms with Gasteiger partial charge in [0.2, 0.25) is 5.91 Å². The summed E-state index contributed by atoms with van der Waals surface area (Å²) >= 11 is 0. The second kappa shape index (κ2) is 4.24. The fourth-order valence-corrected chi connectivity index (χ4v) is 1.83. The molecule has 5 nitrogen and oxygen atoms in total. The molecule has 17 heavy (non-hydrogen) atoms. The number of urea groups is 1. The molecule has 0 bridgehead atoms. The molecule has 2 unspecified atom stereocenters. The second-order valence-electron chi connectivity index (χ2n) is 4.46. The SMILES string of the molecule is Cc1ccc(CN2C(=O)NC(C)C(C)C2=O)o1. The van der Waals surface area contributed by atoms with Gasteiger partial charge in [0.05, 0.1) is 12.5 Å². The number of rotatable bonds is 2. The number of carbonyl (C=O) groups is 2. The van der Waals surface area contributed by atoms with E-state index in [9.17, 15) is 9.59 Å². The molecule has 1 aromatic heterocycles. The summed E-state index contributed by atoms with van der Waals surface area (Å²) in [4.78, 5) is 24.9. The zero-order valence-electron chi connectivity index (χ0n) is 10.2. The molecule has 0 aromatic carbocycles. The number of imide groups is 1. The van der Waals surface area contributed by atoms with Crippen molar-refractivity contribution in [2.24, 2.45) is 5.92 Å². The topological polar surface area (TPSA) is 62.6 Å². The van der Waals surface area contributed by atoms with Gasteiger partial charge in [0, 0.05) is 6.04 Å². The molecule has 2 heterocycles. The molecular formula is C12H16N2O3. The van der Waals surface area contributed by atoms with Gasteiger partial charge in [-0.2, -0.15) is 0 Å². The minimum atomic E-state index is -0.352. The smallest absolute Gasteiger partial charge is 0.324 e. The van der Waals surface area contributed by atoms with Gasteiger partial charge >= 0.3 is 6.03 Å². The third kappa shape index (κ3) is 2.18. The standard InChI is InChI=1S/C12H16N2O3/c1-7-4-5-10(17-7)6-14-11(15)8(2)9(3)13-12(14)16/h4-5,8-9H,6H2,1-3H3,(H,13,16). The molecule has 92 valence electrons. The normalized spacial score (nSPS) is 25.0. The Morgan fingerprint density at radius 2 is 2.06 bits per heavy atom. The molecule has 1 fully saturated rings. The van der Waals surface area contributed by atoms with Gasteiger partial charge in [-0.25, -0.2) is 4.79 Å². The highest BCUT2D eigenvalue weighted by molar-refractivity contribution is 5.98. The Labute approximate surface area is 99.8 Å². The van der Waals surface area contributed by atoms with E-state index in [-0.39, 0.29) is 30.4 Å². The summed E-state index contributed by atoms with van der Waals surface area (Å²) in [6.07, 6.45) is 0. The number of carbonyl (C=O) groups excluding carboxylic acids is 2. The molecule has 1 N–H and O–H groups in total. The quantitative estimate of drug-likeness (QED) is 0.849. The molecule has 0 spiro atoms. The van der Waals surface area contributed by atoms with Gasteiger partial charge < -0.3 is 9.73 Å². The van der Waals surface area contributed by atoms with Crippen LogP contribution in [0.2, 0.25) is 0 Å². The third-order valence-electron chi connectivity index (χ3n) is 3.11. The van der Waals surface area contributed by atoms with Crippen LogP contribution in [0.5, 0.6) is 0 Å². The summed E-state index contributed by atoms with van der Waals surface area (Å²) in [5.74, 6) is 1.03. The lowest BCUT2D eigenvalue weighted by Gasteiger charge is -2.33. The van der Waals surface area contributed by atoms with Gasteiger partial charge in [0.1, 0.15) is 11.5 Å². The Bertz CT molecular complexity index is 452. The third-order valence-corrected chi connectivity index (χ3v) is 3.11. The van der Waals surface area contributed by atoms with E-state index < -0.39 is 0 Å². The van der Waals surface area contributed by atoms with E-state index in [1.165, 1.54) is 4.90 Å². The van der Waals surface area contributed by atoms with Crippen LogP contribution in [0.25, 0.3) is 0 Å². The lowest BCUT2D eigenvalue weighted by atomic mass is 10.00. The van der Waals surface area contributed by atoms with E-state index in [1.54, 1.807) is 6.07 Å². The van der Waals surface area contributed by atoms with Crippen molar-refractivity contribution in [1.82, 2.24) is 10.2 Å². The summed E-state index contributed by atoms with van der Waals surface area (Å²) in [5, 5.41) is 2.76. The van der Waals surface area contributed by atoms with Gasteiger partial charge in [0.15, 0.2) is 0 Å². The highest BCUT2D eigenvalue weighted by Gasteiger charge is 2.36. The molecule has 0 saturated carbocycles. The first-order valence-corrected chi connectivity index (χ1v) is 5.66. The molecule has 2 atom stereocenters. The maximum atomic E-state index is 12.0. The van der Waals surface area contributed by atoms with E-state index in [0.717, 1.165) is 5.76 Å². The molecule has 5 heteroatoms. The fraction of sp³-hybridized carbons (Fsp3) is 0.500. The number of hydrogen-bond donors (Lipinski definition) is 1. The lowest BCUT2D eigenvalue weighted by Crippen LogP contribution is -2.57. The Hall–Kier alpha value is -1.78. The zero-order valence-corrected chi connectivity index (χ0v) is 10.2. The Balaban J connectivity index is 2.14. The molecule has 0 aliphatic carbocycles. The van der Waals surface area contributed by atoms with Crippen LogP contribution in [0.1, 0.15) is 25.4 Å². The summed E-state index contributed by atoms with van der Waals surface area (Å²) in [6.45, 7) is 5.66. The first-order chi connectivity index (χ1) is 7.99. The van der Waals surface area contributed by atoms with Crippen molar-refractivity contribution in [3.8, 4) is 0 Å². The molecule has 1 saturated heterocycles. The van der Waals surface area contributed by atoms with E-state index in [4.69, 9.17) is 4.42 Å². The van der Waals surface area contributed by atoms with Gasteiger partial charge in [0.25, 0.3) is 0 Å². The van der Waals surface area contributed by atoms with E-state index in [2.05, 4.69) is 5.32 Å². The first-order valence-electron chi connectivity index (χ1n) is 5.66. The highest BCUT2D eigenvalue weighted by Crippen LogP contribution is 2.18. The van der Waals surface area contributed by atoms with Crippen LogP contribution in [0.3, 0.4) is 0 Å². The summed E-state index contributed by atoms with van der Waals surface area (Å²) in [6, 6.07) is 3.12. The van der Waals surface area contributed by atoms with E-state index in [1.807, 2.05) is 26.8 Å². The minimum absolute atomic E-state index is 0.121. The molecule has 3 amide bonds. The van der Waals surface area contributed by atoms with Crippen molar-refractivity contribution in [3.63, 3.8) is 0 Å². The number of hydrogen-bond acceptors (Lipinski definition) is 3. The Morgan fingerprint density at radius 1 is 1.35 bits per heavy atom. The zero-order chi connectivity index (χ0) is 12.6. The van der Waals surface area contributed by atoms with E-state index >= 15 is 0 Å². The van der Waals surface area contributed by atoms with Gasteiger partial charge in [-0.05, 0) is 26.0 Å². The Kier molecular flexibility index (Phi) is 2.92. The second-order valence-corrected chi connectivity index (χ2v) is 4.46. The number of amides is 3. The van der Waals surface area contributed by atoms with Crippen LogP contribution in [0, 0.1) is 12.8 Å². The van der Waals surface area contributed by atoms with Crippen molar-refractivity contribution in [3.05, 3.63) is 23.7 Å². The predicted molar refractivity (Wildman–Crippen MR) is 61.2 cm³/mol. The fourth-order valence-electron chi connectivity index (χ4n) is 1.83. The van der Waals surface area contributed by atoms with Gasteiger partial charge in [-0.1, -0.05) is 6.92 Å². The average Bonchev–Trinajstić information content (AvgIpc) is 2.67. The van der Waals surface area contributed by atoms with Crippen LogP contribution in [0.4, 0.5) is 4.79 Å². The van der Waals surface area contributed by atoms with Crippen molar-refractivity contribution < 1.29 is 14.0 Å².